The molecule has 1 nitrogen and oxygen atoms in total. The van der Waals surface area contributed by atoms with E-state index in [9.17, 15) is 0 Å². The standard InChI is InChI=1S/C16H36ClOP/c1-6-10-14-19(17,13-9-4,15-11-7-2)16(18-5)12-8-3/h16H,6-15H2,1-5H3. The van der Waals surface area contributed by atoms with Gasteiger partial charge in [-0.25, -0.2) is 0 Å². The number of rotatable bonds is 12. The molecule has 0 aromatic carbocycles. The van der Waals surface area contributed by atoms with Crippen molar-refractivity contribution in [2.75, 3.05) is 25.6 Å². The fourth-order valence-electron chi connectivity index (χ4n) is 3.31. The van der Waals surface area contributed by atoms with E-state index in [2.05, 4.69) is 27.7 Å². The molecule has 0 saturated carbocycles. The zero-order valence-electron chi connectivity index (χ0n) is 13.9. The van der Waals surface area contributed by atoms with Crippen molar-refractivity contribution < 1.29 is 4.74 Å². The van der Waals surface area contributed by atoms with Crippen LogP contribution in [0.4, 0.5) is 0 Å². The first-order chi connectivity index (χ1) is 9.01. The molecule has 1 unspecified atom stereocenters. The Morgan fingerprint density at radius 3 is 1.68 bits per heavy atom. The molecule has 0 spiro atoms. The Morgan fingerprint density at radius 2 is 1.37 bits per heavy atom. The molecule has 0 rings (SSSR count). The summed E-state index contributed by atoms with van der Waals surface area (Å²) in [6.45, 7) is 9.06. The summed E-state index contributed by atoms with van der Waals surface area (Å²) in [5.41, 5.74) is 0. The van der Waals surface area contributed by atoms with Gasteiger partial charge in [0.15, 0.2) is 0 Å². The second kappa shape index (κ2) is 9.59. The van der Waals surface area contributed by atoms with Gasteiger partial charge in [0, 0.05) is 0 Å². The fourth-order valence-corrected chi connectivity index (χ4v) is 11.2. The third kappa shape index (κ3) is 5.52. The summed E-state index contributed by atoms with van der Waals surface area (Å²) in [5, 5.41) is 0. The minimum atomic E-state index is -2.23. The van der Waals surface area contributed by atoms with E-state index >= 15 is 0 Å². The molecule has 0 aliphatic rings. The second-order valence-corrected chi connectivity index (χ2v) is 14.0. The zero-order chi connectivity index (χ0) is 14.8. The van der Waals surface area contributed by atoms with Crippen molar-refractivity contribution in [3.63, 3.8) is 0 Å². The van der Waals surface area contributed by atoms with Crippen molar-refractivity contribution in [3.8, 4) is 0 Å². The first-order valence-electron chi connectivity index (χ1n) is 8.26. The number of methoxy groups -OCH3 is 1. The Kier molecular flexibility index (Phi) is 9.93. The molecule has 1 atom stereocenters. The van der Waals surface area contributed by atoms with Crippen LogP contribution in [0.25, 0.3) is 0 Å². The van der Waals surface area contributed by atoms with Crippen LogP contribution in [0.15, 0.2) is 0 Å². The van der Waals surface area contributed by atoms with Crippen LogP contribution in [0, 0.1) is 0 Å². The van der Waals surface area contributed by atoms with Crippen LogP contribution in [0.1, 0.15) is 72.6 Å². The average Bonchev–Trinajstić information content (AvgIpc) is 2.41. The van der Waals surface area contributed by atoms with Gasteiger partial charge in [-0.15, -0.1) is 0 Å². The summed E-state index contributed by atoms with van der Waals surface area (Å²) < 4.78 is 5.93. The van der Waals surface area contributed by atoms with Gasteiger partial charge in [0.25, 0.3) is 0 Å². The molecule has 0 fully saturated rings. The van der Waals surface area contributed by atoms with Gasteiger partial charge in [-0.05, 0) is 0 Å². The quantitative estimate of drug-likeness (QED) is 0.375. The minimum absolute atomic E-state index is 0.315. The molecule has 0 aromatic rings. The van der Waals surface area contributed by atoms with E-state index in [4.69, 9.17) is 16.0 Å². The number of hydrogen-bond acceptors (Lipinski definition) is 1. The third-order valence-corrected chi connectivity index (χ3v) is 12.7. The van der Waals surface area contributed by atoms with Gasteiger partial charge in [-0.3, -0.25) is 0 Å². The molecule has 0 N–H and O–H groups in total. The Bertz CT molecular complexity index is 225. The van der Waals surface area contributed by atoms with E-state index in [-0.39, 0.29) is 0 Å². The van der Waals surface area contributed by atoms with Crippen molar-refractivity contribution >= 4 is 17.2 Å². The molecule has 0 heterocycles. The molecule has 118 valence electrons. The van der Waals surface area contributed by atoms with Crippen LogP contribution in [-0.4, -0.2) is 31.4 Å². The summed E-state index contributed by atoms with van der Waals surface area (Å²) in [4.78, 5) is 0. The molecule has 19 heavy (non-hydrogen) atoms. The van der Waals surface area contributed by atoms with Crippen molar-refractivity contribution in [1.82, 2.24) is 0 Å². The van der Waals surface area contributed by atoms with Crippen LogP contribution in [0.3, 0.4) is 0 Å². The predicted molar refractivity (Wildman–Crippen MR) is 93.2 cm³/mol. The van der Waals surface area contributed by atoms with Gasteiger partial charge in [-0.1, -0.05) is 0 Å². The zero-order valence-corrected chi connectivity index (χ0v) is 15.5. The van der Waals surface area contributed by atoms with Crippen LogP contribution in [-0.2, 0) is 4.74 Å². The predicted octanol–water partition coefficient (Wildman–Crippen LogP) is 6.48. The summed E-state index contributed by atoms with van der Waals surface area (Å²) in [5.74, 6) is -1.91. The molecule has 0 amide bonds. The molecule has 0 aliphatic heterocycles. The van der Waals surface area contributed by atoms with E-state index in [1.165, 1.54) is 57.0 Å². The van der Waals surface area contributed by atoms with Gasteiger partial charge in [0.2, 0.25) is 0 Å². The van der Waals surface area contributed by atoms with E-state index in [0.29, 0.717) is 5.85 Å². The molecule has 0 bridgehead atoms. The SMILES string of the molecule is CCCCP(Cl)(CCC)(CCCC)C(CCC)OC. The van der Waals surface area contributed by atoms with Crippen LogP contribution in [0.5, 0.6) is 0 Å². The summed E-state index contributed by atoms with van der Waals surface area (Å²) in [6.07, 6.45) is 12.1. The fraction of sp³-hybridized carbons (Fsp3) is 1.00. The Morgan fingerprint density at radius 1 is 0.842 bits per heavy atom. The number of hydrogen-bond donors (Lipinski definition) is 0. The molecule has 0 saturated heterocycles. The third-order valence-electron chi connectivity index (χ3n) is 4.36. The van der Waals surface area contributed by atoms with Crippen molar-refractivity contribution in [2.45, 2.75) is 78.5 Å². The Balaban J connectivity index is 5.29. The second-order valence-electron chi connectivity index (χ2n) is 6.03. The topological polar surface area (TPSA) is 9.23 Å². The number of halogens is 1. The van der Waals surface area contributed by atoms with Gasteiger partial charge in [0.1, 0.15) is 0 Å². The summed E-state index contributed by atoms with van der Waals surface area (Å²) in [6, 6.07) is 0. The van der Waals surface area contributed by atoms with E-state index in [1.807, 2.05) is 7.11 Å². The molecular weight excluding hydrogens is 275 g/mol. The molecule has 0 radical (unpaired) electrons. The van der Waals surface area contributed by atoms with E-state index in [0.717, 1.165) is 6.42 Å². The van der Waals surface area contributed by atoms with Crippen LogP contribution >= 0.6 is 17.2 Å². The monoisotopic (exact) mass is 310 g/mol. The molecule has 3 heteroatoms. The number of unbranched alkanes of at least 4 members (excludes halogenated alkanes) is 2. The van der Waals surface area contributed by atoms with Crippen molar-refractivity contribution in [2.24, 2.45) is 0 Å². The molecule has 0 aliphatic carbocycles. The maximum atomic E-state index is 7.51. The first kappa shape index (κ1) is 19.7. The molecule has 0 aromatic heterocycles. The van der Waals surface area contributed by atoms with Crippen LogP contribution in [0.2, 0.25) is 0 Å². The maximum absolute atomic E-state index is 7.51. The van der Waals surface area contributed by atoms with Gasteiger partial charge >= 0.3 is 126 Å². The normalized spacial score (nSPS) is 16.0. The van der Waals surface area contributed by atoms with Crippen molar-refractivity contribution in [3.05, 3.63) is 0 Å². The number of ether oxygens (including phenoxy) is 1. The van der Waals surface area contributed by atoms with Crippen molar-refractivity contribution in [1.29, 1.82) is 0 Å². The van der Waals surface area contributed by atoms with Gasteiger partial charge < -0.3 is 0 Å². The molecular formula is C16H36ClOP. The summed E-state index contributed by atoms with van der Waals surface area (Å²) >= 11 is 7.51. The summed E-state index contributed by atoms with van der Waals surface area (Å²) in [7, 11) is 1.87. The van der Waals surface area contributed by atoms with Gasteiger partial charge in [-0.2, -0.15) is 0 Å². The van der Waals surface area contributed by atoms with Gasteiger partial charge in [0.05, 0.1) is 0 Å². The van der Waals surface area contributed by atoms with E-state index in [1.54, 1.807) is 0 Å². The van der Waals surface area contributed by atoms with E-state index < -0.39 is 5.96 Å². The van der Waals surface area contributed by atoms with Crippen LogP contribution < -0.4 is 0 Å². The Labute approximate surface area is 126 Å². The average molecular weight is 311 g/mol. The Hall–Kier alpha value is 0.680. The first-order valence-corrected chi connectivity index (χ1v) is 12.0.